The summed E-state index contributed by atoms with van der Waals surface area (Å²) in [5.41, 5.74) is 10.6. The summed E-state index contributed by atoms with van der Waals surface area (Å²) in [4.78, 5) is 38.1. The summed E-state index contributed by atoms with van der Waals surface area (Å²) < 4.78 is 9.63. The van der Waals surface area contributed by atoms with Gasteiger partial charge in [0.05, 0.1) is 14.2 Å². The number of fused-ring (bicyclic) bond motifs is 1. The number of anilines is 6. The van der Waals surface area contributed by atoms with E-state index >= 15 is 0 Å². The molecule has 2 heterocycles. The molecule has 0 bridgehead atoms. The number of hydrogen-bond donors (Lipinski definition) is 0. The molecule has 0 aliphatic carbocycles. The maximum absolute atomic E-state index is 11.7. The average molecular weight is 803 g/mol. The lowest BCUT2D eigenvalue weighted by atomic mass is 10.1. The van der Waals surface area contributed by atoms with E-state index in [1.165, 1.54) is 14.2 Å². The first-order chi connectivity index (χ1) is 28.4. The first-order valence-electron chi connectivity index (χ1n) is 19.2. The van der Waals surface area contributed by atoms with Gasteiger partial charge in [0.25, 0.3) is 0 Å². The van der Waals surface area contributed by atoms with Crippen molar-refractivity contribution in [1.29, 1.82) is 0 Å². The van der Waals surface area contributed by atoms with Gasteiger partial charge in [-0.3, -0.25) is 19.6 Å². The fourth-order valence-electron chi connectivity index (χ4n) is 6.98. The molecule has 2 atom stereocenters. The van der Waals surface area contributed by atoms with E-state index in [1.807, 2.05) is 36.4 Å². The summed E-state index contributed by atoms with van der Waals surface area (Å²) >= 11 is 3.44. The van der Waals surface area contributed by atoms with E-state index in [1.54, 1.807) is 23.5 Å². The molecule has 0 fully saturated rings. The van der Waals surface area contributed by atoms with Gasteiger partial charge in [0, 0.05) is 58.1 Å². The van der Waals surface area contributed by atoms with E-state index < -0.39 is 0 Å². The quantitative estimate of drug-likeness (QED) is 0.101. The van der Waals surface area contributed by atoms with E-state index in [0.717, 1.165) is 66.5 Å². The molecule has 2 aliphatic rings. The zero-order valence-electron chi connectivity index (χ0n) is 32.2. The van der Waals surface area contributed by atoms with Crippen molar-refractivity contribution in [2.24, 2.45) is 9.98 Å². The second-order valence-electron chi connectivity index (χ2n) is 13.8. The Kier molecular flexibility index (Phi) is 12.0. The minimum atomic E-state index is -0.206. The third kappa shape index (κ3) is 8.88. The Morgan fingerprint density at radius 3 is 1.10 bits per heavy atom. The summed E-state index contributed by atoms with van der Waals surface area (Å²) in [6, 6.07) is 54.5. The molecule has 0 radical (unpaired) electrons. The number of rotatable bonds is 14. The Hall–Kier alpha value is -6.10. The SMILES string of the molecule is COC(=O)CCc1ccc(N(c2ccccc2)c2ccc(C3=NC4SC(c5ccc(N(c6ccccc6)c6ccc(CCC(=O)OC)cc6)cc5)=NC4S3)cc2)cc1. The van der Waals surface area contributed by atoms with Crippen molar-refractivity contribution in [2.75, 3.05) is 24.0 Å². The van der Waals surface area contributed by atoms with Gasteiger partial charge < -0.3 is 19.3 Å². The number of hydrogen-bond acceptors (Lipinski definition) is 10. The van der Waals surface area contributed by atoms with Crippen molar-refractivity contribution in [2.45, 2.75) is 36.4 Å². The summed E-state index contributed by atoms with van der Waals surface area (Å²) in [6.45, 7) is 0. The lowest BCUT2D eigenvalue weighted by molar-refractivity contribution is -0.141. The predicted octanol–water partition coefficient (Wildman–Crippen LogP) is 11.2. The van der Waals surface area contributed by atoms with E-state index in [4.69, 9.17) is 19.5 Å². The zero-order valence-corrected chi connectivity index (χ0v) is 33.9. The van der Waals surface area contributed by atoms with Gasteiger partial charge in [-0.1, -0.05) is 108 Å². The van der Waals surface area contributed by atoms with Crippen LogP contribution in [0.5, 0.6) is 0 Å². The molecule has 6 aromatic rings. The fourth-order valence-corrected chi connectivity index (χ4v) is 9.47. The first kappa shape index (κ1) is 38.8. The Balaban J connectivity index is 0.947. The van der Waals surface area contributed by atoms with Crippen molar-refractivity contribution in [3.8, 4) is 0 Å². The minimum absolute atomic E-state index is 0.0198. The monoisotopic (exact) mass is 802 g/mol. The number of thioether (sulfide) groups is 2. The van der Waals surface area contributed by atoms with Crippen molar-refractivity contribution in [1.82, 2.24) is 0 Å². The Labute approximate surface area is 347 Å². The molecule has 6 aromatic carbocycles. The van der Waals surface area contributed by atoms with Gasteiger partial charge in [-0.15, -0.1) is 0 Å². The maximum Gasteiger partial charge on any atom is 0.305 e. The number of carbonyl (C=O) groups excluding carboxylic acids is 2. The molecule has 58 heavy (non-hydrogen) atoms. The maximum atomic E-state index is 11.7. The lowest BCUT2D eigenvalue weighted by Gasteiger charge is -2.26. The van der Waals surface area contributed by atoms with E-state index in [-0.39, 0.29) is 22.7 Å². The van der Waals surface area contributed by atoms with Crippen LogP contribution in [0.2, 0.25) is 0 Å². The van der Waals surface area contributed by atoms with E-state index in [0.29, 0.717) is 25.7 Å². The highest BCUT2D eigenvalue weighted by Crippen LogP contribution is 2.44. The summed E-state index contributed by atoms with van der Waals surface area (Å²) in [7, 11) is 2.84. The topological polar surface area (TPSA) is 83.8 Å². The van der Waals surface area contributed by atoms with Crippen molar-refractivity contribution in [3.63, 3.8) is 0 Å². The second-order valence-corrected chi connectivity index (χ2v) is 16.0. The standard InChI is InChI=1S/C48H42N4O4S2/c1-55-43(53)31-17-33-13-23-39(24-14-33)51(37-9-5-3-6-10-37)41-27-19-35(20-28-41)45-49-47-48(57-45)50-46(58-47)36-21-29-42(30-22-36)52(38-11-7-4-8-12-38)40-25-15-34(16-26-40)18-32-44(54)56-2/h3-16,19-30,47-48H,17-18,31-32H2,1-2H3. The van der Waals surface area contributed by atoms with Gasteiger partial charge in [0.15, 0.2) is 0 Å². The highest BCUT2D eigenvalue weighted by Gasteiger charge is 2.37. The van der Waals surface area contributed by atoms with E-state index in [2.05, 4.69) is 131 Å². The number of aryl methyl sites for hydroxylation is 2. The van der Waals surface area contributed by atoms with Crippen LogP contribution in [0.1, 0.15) is 35.1 Å². The fraction of sp³-hybridized carbons (Fsp3) is 0.167. The molecule has 0 saturated carbocycles. The Morgan fingerprint density at radius 2 is 0.776 bits per heavy atom. The molecule has 2 aliphatic heterocycles. The minimum Gasteiger partial charge on any atom is -0.469 e. The van der Waals surface area contributed by atoms with Crippen LogP contribution < -0.4 is 9.80 Å². The van der Waals surface area contributed by atoms with Crippen LogP contribution >= 0.6 is 23.5 Å². The Morgan fingerprint density at radius 1 is 0.466 bits per heavy atom. The molecule has 8 rings (SSSR count). The molecule has 10 heteroatoms. The normalized spacial score (nSPS) is 15.6. The molecule has 0 saturated heterocycles. The van der Waals surface area contributed by atoms with Gasteiger partial charge >= 0.3 is 11.9 Å². The summed E-state index contributed by atoms with van der Waals surface area (Å²) in [6.07, 6.45) is 1.99. The number of para-hydroxylation sites is 2. The molecule has 8 nitrogen and oxygen atoms in total. The lowest BCUT2D eigenvalue weighted by Crippen LogP contribution is -2.10. The van der Waals surface area contributed by atoms with Crippen LogP contribution in [0, 0.1) is 0 Å². The predicted molar refractivity (Wildman–Crippen MR) is 239 cm³/mol. The zero-order chi connectivity index (χ0) is 39.8. The molecular weight excluding hydrogens is 761 g/mol. The molecule has 0 aromatic heterocycles. The van der Waals surface area contributed by atoms with Crippen molar-refractivity contribution in [3.05, 3.63) is 180 Å². The molecule has 0 N–H and O–H groups in total. The van der Waals surface area contributed by atoms with E-state index in [9.17, 15) is 9.59 Å². The number of esters is 2. The number of aliphatic imine (C=N–C) groups is 2. The number of ether oxygens (including phenoxy) is 2. The average Bonchev–Trinajstić information content (AvgIpc) is 3.87. The summed E-state index contributed by atoms with van der Waals surface area (Å²) in [5, 5.41) is 2.05. The smallest absolute Gasteiger partial charge is 0.305 e. The second kappa shape index (κ2) is 18.0. The Bertz CT molecular complexity index is 2230. The van der Waals surface area contributed by atoms with Gasteiger partial charge in [0.1, 0.15) is 20.8 Å². The third-order valence-corrected chi connectivity index (χ3v) is 12.6. The number of nitrogens with zero attached hydrogens (tertiary/aromatic N) is 4. The number of benzene rings is 6. The van der Waals surface area contributed by atoms with Crippen LogP contribution in [0.15, 0.2) is 168 Å². The van der Waals surface area contributed by atoms with Gasteiger partial charge in [-0.2, -0.15) is 0 Å². The van der Waals surface area contributed by atoms with Crippen molar-refractivity contribution < 1.29 is 19.1 Å². The van der Waals surface area contributed by atoms with Crippen LogP contribution in [0.25, 0.3) is 0 Å². The van der Waals surface area contributed by atoms with Crippen LogP contribution in [0.4, 0.5) is 34.1 Å². The highest BCUT2D eigenvalue weighted by atomic mass is 32.2. The first-order valence-corrected chi connectivity index (χ1v) is 20.9. The van der Waals surface area contributed by atoms with Gasteiger partial charge in [-0.25, -0.2) is 0 Å². The van der Waals surface area contributed by atoms with Crippen LogP contribution in [-0.2, 0) is 31.9 Å². The van der Waals surface area contributed by atoms with Gasteiger partial charge in [0.2, 0.25) is 0 Å². The molecule has 0 spiro atoms. The highest BCUT2D eigenvalue weighted by molar-refractivity contribution is 8.20. The third-order valence-electron chi connectivity index (χ3n) is 10.1. The van der Waals surface area contributed by atoms with Gasteiger partial charge in [-0.05, 0) is 96.8 Å². The summed E-state index contributed by atoms with van der Waals surface area (Å²) in [5.74, 6) is -0.413. The van der Waals surface area contributed by atoms with Crippen LogP contribution in [0.3, 0.4) is 0 Å². The number of carbonyl (C=O) groups is 2. The van der Waals surface area contributed by atoms with Crippen molar-refractivity contribution >= 4 is 79.7 Å². The molecule has 2 unspecified atom stereocenters. The number of methoxy groups -OCH3 is 2. The molecule has 290 valence electrons. The largest absolute Gasteiger partial charge is 0.469 e. The molecule has 0 amide bonds. The van der Waals surface area contributed by atoms with Crippen LogP contribution in [-0.4, -0.2) is 47.0 Å². The molecular formula is C48H42N4O4S2.